The number of carbonyl (C=O) groups excluding carboxylic acids is 3. The van der Waals surface area contributed by atoms with Gasteiger partial charge in [-0.15, -0.1) is 0 Å². The first-order valence-electron chi connectivity index (χ1n) is 11.3. The first kappa shape index (κ1) is 23.9. The van der Waals surface area contributed by atoms with Crippen molar-refractivity contribution in [3.8, 4) is 5.75 Å². The van der Waals surface area contributed by atoms with Crippen molar-refractivity contribution >= 4 is 17.8 Å². The molecule has 0 spiro atoms. The zero-order valence-electron chi connectivity index (χ0n) is 19.5. The second-order valence-corrected chi connectivity index (χ2v) is 8.37. The van der Waals surface area contributed by atoms with Gasteiger partial charge in [0.2, 0.25) is 5.91 Å². The largest absolute Gasteiger partial charge is 0.494 e. The lowest BCUT2D eigenvalue weighted by Gasteiger charge is -2.23. The minimum Gasteiger partial charge on any atom is -0.494 e. The van der Waals surface area contributed by atoms with E-state index in [0.29, 0.717) is 17.9 Å². The summed E-state index contributed by atoms with van der Waals surface area (Å²) < 4.78 is 18.8. The van der Waals surface area contributed by atoms with Gasteiger partial charge in [0.15, 0.2) is 0 Å². The Morgan fingerprint density at radius 3 is 2.26 bits per heavy atom. The molecule has 8 heteroatoms. The predicted octanol–water partition coefficient (Wildman–Crippen LogP) is 3.90. The van der Waals surface area contributed by atoms with Crippen LogP contribution in [0.2, 0.25) is 0 Å². The normalized spacial score (nSPS) is 18.2. The molecular formula is C27H26FN3O4. The van der Waals surface area contributed by atoms with E-state index in [1.807, 2.05) is 61.5 Å². The molecule has 0 saturated carbocycles. The molecule has 7 nitrogen and oxygen atoms in total. The molecule has 3 aromatic carbocycles. The lowest BCUT2D eigenvalue weighted by atomic mass is 9.92. The van der Waals surface area contributed by atoms with E-state index in [0.717, 1.165) is 16.0 Å². The van der Waals surface area contributed by atoms with Gasteiger partial charge in [0.25, 0.3) is 5.91 Å². The molecule has 0 bridgehead atoms. The number of imide groups is 1. The third-order valence-corrected chi connectivity index (χ3v) is 5.96. The van der Waals surface area contributed by atoms with Crippen molar-refractivity contribution in [2.24, 2.45) is 0 Å². The number of hydrogen-bond donors (Lipinski definition) is 2. The monoisotopic (exact) mass is 475 g/mol. The molecule has 0 aliphatic carbocycles. The number of urea groups is 1. The van der Waals surface area contributed by atoms with Gasteiger partial charge in [0.05, 0.1) is 12.6 Å². The van der Waals surface area contributed by atoms with Gasteiger partial charge in [-0.3, -0.25) is 14.5 Å². The number of nitrogens with zero attached hydrogens (tertiary/aromatic N) is 1. The van der Waals surface area contributed by atoms with Gasteiger partial charge < -0.3 is 15.4 Å². The molecule has 4 amide bonds. The summed E-state index contributed by atoms with van der Waals surface area (Å²) in [6.07, 6.45) is 0. The number of nitrogens with one attached hydrogen (secondary N) is 2. The van der Waals surface area contributed by atoms with E-state index >= 15 is 0 Å². The lowest BCUT2D eigenvalue weighted by Crippen LogP contribution is -2.44. The molecule has 1 heterocycles. The number of ether oxygens (including phenoxy) is 1. The van der Waals surface area contributed by atoms with Crippen molar-refractivity contribution < 1.29 is 23.5 Å². The average Bonchev–Trinajstić information content (AvgIpc) is 3.08. The predicted molar refractivity (Wildman–Crippen MR) is 128 cm³/mol. The molecule has 1 aliphatic rings. The first-order valence-corrected chi connectivity index (χ1v) is 11.3. The molecule has 2 atom stereocenters. The molecule has 1 fully saturated rings. The topological polar surface area (TPSA) is 87.7 Å². The number of amides is 4. The first-order chi connectivity index (χ1) is 16.8. The Labute approximate surface area is 202 Å². The van der Waals surface area contributed by atoms with Crippen LogP contribution in [0.15, 0.2) is 78.9 Å². The van der Waals surface area contributed by atoms with Crippen molar-refractivity contribution in [1.29, 1.82) is 0 Å². The minimum atomic E-state index is -1.39. The van der Waals surface area contributed by atoms with E-state index in [9.17, 15) is 18.8 Å². The molecule has 0 radical (unpaired) electrons. The highest BCUT2D eigenvalue weighted by Crippen LogP contribution is 2.29. The Balaban J connectivity index is 1.53. The summed E-state index contributed by atoms with van der Waals surface area (Å²) in [6.45, 7) is 3.52. The molecule has 180 valence electrons. The van der Waals surface area contributed by atoms with Crippen molar-refractivity contribution in [3.63, 3.8) is 0 Å². The van der Waals surface area contributed by atoms with E-state index in [1.165, 1.54) is 31.2 Å². The summed E-state index contributed by atoms with van der Waals surface area (Å²) in [7, 11) is 0. The Bertz CT molecular complexity index is 1220. The quantitative estimate of drug-likeness (QED) is 0.484. The average molecular weight is 476 g/mol. The van der Waals surface area contributed by atoms with Gasteiger partial charge >= 0.3 is 6.03 Å². The van der Waals surface area contributed by atoms with E-state index in [1.54, 1.807) is 0 Å². The van der Waals surface area contributed by atoms with Gasteiger partial charge in [-0.05, 0) is 54.8 Å². The van der Waals surface area contributed by atoms with Crippen molar-refractivity contribution in [2.75, 3.05) is 13.2 Å². The smallest absolute Gasteiger partial charge is 0.325 e. The van der Waals surface area contributed by atoms with Crippen LogP contribution >= 0.6 is 0 Å². The van der Waals surface area contributed by atoms with Gasteiger partial charge in [0, 0.05) is 0 Å². The van der Waals surface area contributed by atoms with Crippen LogP contribution in [-0.2, 0) is 15.1 Å². The van der Waals surface area contributed by atoms with E-state index in [2.05, 4.69) is 10.6 Å². The fourth-order valence-corrected chi connectivity index (χ4v) is 4.10. The molecule has 3 aromatic rings. The molecule has 35 heavy (non-hydrogen) atoms. The zero-order valence-corrected chi connectivity index (χ0v) is 19.5. The Hall–Kier alpha value is -4.20. The highest BCUT2D eigenvalue weighted by Gasteiger charge is 2.49. The maximum atomic E-state index is 13.3. The maximum Gasteiger partial charge on any atom is 0.325 e. The van der Waals surface area contributed by atoms with Gasteiger partial charge in [-0.1, -0.05) is 54.6 Å². The van der Waals surface area contributed by atoms with Crippen LogP contribution in [0.1, 0.15) is 36.6 Å². The number of benzene rings is 3. The third-order valence-electron chi connectivity index (χ3n) is 5.96. The number of halogens is 1. The summed E-state index contributed by atoms with van der Waals surface area (Å²) in [6, 6.07) is 20.9. The summed E-state index contributed by atoms with van der Waals surface area (Å²) in [5.74, 6) is -0.818. The summed E-state index contributed by atoms with van der Waals surface area (Å²) >= 11 is 0. The summed E-state index contributed by atoms with van der Waals surface area (Å²) in [5, 5.41) is 5.57. The highest BCUT2D eigenvalue weighted by atomic mass is 19.1. The van der Waals surface area contributed by atoms with Crippen LogP contribution in [-0.4, -0.2) is 35.9 Å². The molecule has 2 N–H and O–H groups in total. The Morgan fingerprint density at radius 1 is 1.00 bits per heavy atom. The Kier molecular flexibility index (Phi) is 6.82. The van der Waals surface area contributed by atoms with E-state index in [-0.39, 0.29) is 0 Å². The van der Waals surface area contributed by atoms with Crippen LogP contribution in [0.4, 0.5) is 9.18 Å². The van der Waals surface area contributed by atoms with Crippen LogP contribution in [0.3, 0.4) is 0 Å². The standard InChI is InChI=1S/C27H26FN3O4/c1-3-35-22-15-9-19(10-16-22)24(18-7-5-4-6-8-18)29-23(32)17-31-25(33)27(2,30-26(31)34)20-11-13-21(28)14-12-20/h4-16,24H,3,17H2,1-2H3,(H,29,32)(H,30,34). The number of rotatable bonds is 8. The summed E-state index contributed by atoms with van der Waals surface area (Å²) in [4.78, 5) is 39.7. The lowest BCUT2D eigenvalue weighted by molar-refractivity contribution is -0.135. The molecule has 0 aromatic heterocycles. The second kappa shape index (κ2) is 9.97. The van der Waals surface area contributed by atoms with Crippen molar-refractivity contribution in [1.82, 2.24) is 15.5 Å². The SMILES string of the molecule is CCOc1ccc(C(NC(=O)CN2C(=O)NC(C)(c3ccc(F)cc3)C2=O)c2ccccc2)cc1. The third kappa shape index (κ3) is 5.01. The molecule has 4 rings (SSSR count). The van der Waals surface area contributed by atoms with Crippen molar-refractivity contribution in [3.05, 3.63) is 101 Å². The fourth-order valence-electron chi connectivity index (χ4n) is 4.10. The second-order valence-electron chi connectivity index (χ2n) is 8.37. The molecular weight excluding hydrogens is 449 g/mol. The number of hydrogen-bond acceptors (Lipinski definition) is 4. The Morgan fingerprint density at radius 2 is 1.63 bits per heavy atom. The van der Waals surface area contributed by atoms with Crippen molar-refractivity contribution in [2.45, 2.75) is 25.4 Å². The molecule has 2 unspecified atom stereocenters. The highest BCUT2D eigenvalue weighted by molar-refractivity contribution is 6.09. The number of carbonyl (C=O) groups is 3. The van der Waals surface area contributed by atoms with Gasteiger partial charge in [0.1, 0.15) is 23.7 Å². The molecule has 1 aliphatic heterocycles. The zero-order chi connectivity index (χ0) is 25.0. The van der Waals surface area contributed by atoms with Crippen LogP contribution in [0.5, 0.6) is 5.75 Å². The van der Waals surface area contributed by atoms with Gasteiger partial charge in [-0.2, -0.15) is 0 Å². The maximum absolute atomic E-state index is 13.3. The van der Waals surface area contributed by atoms with E-state index in [4.69, 9.17) is 4.74 Å². The summed E-state index contributed by atoms with van der Waals surface area (Å²) in [5.41, 5.74) is 0.704. The van der Waals surface area contributed by atoms with Crippen LogP contribution in [0.25, 0.3) is 0 Å². The minimum absolute atomic E-state index is 0.428. The molecule has 1 saturated heterocycles. The fraction of sp³-hybridized carbons (Fsp3) is 0.222. The van der Waals surface area contributed by atoms with Crippen LogP contribution < -0.4 is 15.4 Å². The van der Waals surface area contributed by atoms with Crippen LogP contribution in [0, 0.1) is 5.82 Å². The van der Waals surface area contributed by atoms with E-state index < -0.39 is 41.8 Å². The van der Waals surface area contributed by atoms with Gasteiger partial charge in [-0.25, -0.2) is 9.18 Å².